The number of benzene rings is 3. The van der Waals surface area contributed by atoms with Crippen LogP contribution in [0, 0.1) is 12.7 Å². The molecule has 1 aromatic heterocycles. The molecule has 1 amide bonds. The van der Waals surface area contributed by atoms with Gasteiger partial charge in [-0.15, -0.1) is 10.2 Å². The van der Waals surface area contributed by atoms with Crippen LogP contribution in [-0.2, 0) is 11.3 Å². The number of thioether (sulfide) groups is 1. The second kappa shape index (κ2) is 11.4. The molecule has 0 saturated carbocycles. The Morgan fingerprint density at radius 2 is 1.77 bits per heavy atom. The lowest BCUT2D eigenvalue weighted by Gasteiger charge is -2.13. The molecule has 0 unspecified atom stereocenters. The van der Waals surface area contributed by atoms with Crippen molar-refractivity contribution in [2.24, 2.45) is 5.10 Å². The second-order valence-corrected chi connectivity index (χ2v) is 9.11. The summed E-state index contributed by atoms with van der Waals surface area (Å²) in [6.07, 6.45) is 1.28. The number of hydrogen-bond donors (Lipinski definition) is 2. The van der Waals surface area contributed by atoms with E-state index in [1.54, 1.807) is 25.1 Å². The first-order valence-corrected chi connectivity index (χ1v) is 11.9. The predicted molar refractivity (Wildman–Crippen MR) is 137 cm³/mol. The van der Waals surface area contributed by atoms with Crippen molar-refractivity contribution in [3.8, 4) is 5.69 Å². The van der Waals surface area contributed by atoms with Gasteiger partial charge < -0.3 is 5.32 Å². The topological polar surface area (TPSA) is 84.2 Å². The first-order chi connectivity index (χ1) is 17.0. The molecule has 0 fully saturated rings. The Balaban J connectivity index is 1.47. The molecule has 1 heterocycles. The molecule has 7 nitrogen and oxygen atoms in total. The van der Waals surface area contributed by atoms with Crippen LogP contribution in [0.5, 0.6) is 0 Å². The lowest BCUT2D eigenvalue weighted by atomic mass is 10.2. The molecule has 3 aromatic carbocycles. The molecular formula is C26H25FN6OS. The average molecular weight is 489 g/mol. The first kappa shape index (κ1) is 24.2. The van der Waals surface area contributed by atoms with E-state index in [9.17, 15) is 9.18 Å². The van der Waals surface area contributed by atoms with Gasteiger partial charge in [-0.05, 0) is 44.2 Å². The van der Waals surface area contributed by atoms with Gasteiger partial charge in [0, 0.05) is 16.9 Å². The summed E-state index contributed by atoms with van der Waals surface area (Å²) in [5.41, 5.74) is 5.82. The van der Waals surface area contributed by atoms with E-state index in [2.05, 4.69) is 26.0 Å². The Labute approximate surface area is 207 Å². The predicted octanol–water partition coefficient (Wildman–Crippen LogP) is 4.96. The molecule has 0 radical (unpaired) electrons. The third-order valence-corrected chi connectivity index (χ3v) is 6.19. The van der Waals surface area contributed by atoms with Gasteiger partial charge in [-0.3, -0.25) is 9.36 Å². The Kier molecular flexibility index (Phi) is 7.89. The molecule has 178 valence electrons. The van der Waals surface area contributed by atoms with E-state index in [-0.39, 0.29) is 5.91 Å². The zero-order chi connectivity index (χ0) is 24.6. The van der Waals surface area contributed by atoms with Gasteiger partial charge in [0.05, 0.1) is 18.0 Å². The van der Waals surface area contributed by atoms with Crippen LogP contribution in [0.1, 0.15) is 23.9 Å². The lowest BCUT2D eigenvalue weighted by Crippen LogP contribution is -2.27. The van der Waals surface area contributed by atoms with E-state index < -0.39 is 11.1 Å². The summed E-state index contributed by atoms with van der Waals surface area (Å²) < 4.78 is 15.7. The highest BCUT2D eigenvalue weighted by molar-refractivity contribution is 8.00. The summed E-state index contributed by atoms with van der Waals surface area (Å²) in [5, 5.41) is 16.1. The van der Waals surface area contributed by atoms with Gasteiger partial charge in [0.15, 0.2) is 11.0 Å². The molecular weight excluding hydrogens is 463 g/mol. The number of rotatable bonds is 9. The van der Waals surface area contributed by atoms with Gasteiger partial charge in [-0.2, -0.15) is 5.10 Å². The third-order valence-electron chi connectivity index (χ3n) is 5.15. The molecule has 0 bridgehead atoms. The third kappa shape index (κ3) is 6.33. The van der Waals surface area contributed by atoms with Crippen LogP contribution in [0.25, 0.3) is 5.69 Å². The van der Waals surface area contributed by atoms with E-state index in [4.69, 9.17) is 0 Å². The van der Waals surface area contributed by atoms with Crippen LogP contribution in [0.15, 0.2) is 89.1 Å². The summed E-state index contributed by atoms with van der Waals surface area (Å²) >= 11 is 1.27. The zero-order valence-electron chi connectivity index (χ0n) is 19.4. The van der Waals surface area contributed by atoms with Crippen LogP contribution in [0.2, 0.25) is 0 Å². The molecule has 0 aliphatic heterocycles. The minimum atomic E-state index is -0.516. The standard InChI is InChI=1S/C26H25FN6OS/c1-18-12-14-21(15-13-18)28-17-24-30-32-26(33(24)22-9-4-3-5-10-22)35-19(2)25(34)31-29-16-20-8-6-7-11-23(20)27/h3-16,19,28H,17H2,1-2H3,(H,31,34)/t19-/m1/s1. The number of anilines is 1. The maximum Gasteiger partial charge on any atom is 0.253 e. The van der Waals surface area contributed by atoms with E-state index in [1.807, 2.05) is 66.1 Å². The Bertz CT molecular complexity index is 1310. The molecule has 0 spiro atoms. The summed E-state index contributed by atoms with van der Waals surface area (Å²) in [6, 6.07) is 24.1. The van der Waals surface area contributed by atoms with E-state index in [0.717, 1.165) is 11.4 Å². The minimum Gasteiger partial charge on any atom is -0.378 e. The molecule has 0 aliphatic rings. The number of nitrogens with zero attached hydrogens (tertiary/aromatic N) is 4. The van der Waals surface area contributed by atoms with Gasteiger partial charge in [0.1, 0.15) is 5.82 Å². The van der Waals surface area contributed by atoms with Crippen LogP contribution in [0.3, 0.4) is 0 Å². The number of carbonyl (C=O) groups is 1. The van der Waals surface area contributed by atoms with Crippen molar-refractivity contribution in [3.63, 3.8) is 0 Å². The normalized spacial score (nSPS) is 12.0. The minimum absolute atomic E-state index is 0.294. The highest BCUT2D eigenvalue weighted by Gasteiger charge is 2.21. The number of hydrogen-bond acceptors (Lipinski definition) is 6. The van der Waals surface area contributed by atoms with Gasteiger partial charge in [0.25, 0.3) is 5.91 Å². The monoisotopic (exact) mass is 488 g/mol. The van der Waals surface area contributed by atoms with Gasteiger partial charge in [-0.25, -0.2) is 9.82 Å². The Hall–Kier alpha value is -3.98. The molecule has 4 rings (SSSR count). The zero-order valence-corrected chi connectivity index (χ0v) is 20.2. The quantitative estimate of drug-likeness (QED) is 0.198. The summed E-state index contributed by atoms with van der Waals surface area (Å²) in [6.45, 7) is 4.26. The maximum absolute atomic E-state index is 13.7. The van der Waals surface area contributed by atoms with E-state index >= 15 is 0 Å². The Morgan fingerprint density at radius 1 is 1.06 bits per heavy atom. The fourth-order valence-electron chi connectivity index (χ4n) is 3.23. The molecule has 2 N–H and O–H groups in total. The van der Waals surface area contributed by atoms with Crippen molar-refractivity contribution in [2.75, 3.05) is 5.32 Å². The van der Waals surface area contributed by atoms with Crippen molar-refractivity contribution >= 4 is 29.6 Å². The van der Waals surface area contributed by atoms with Gasteiger partial charge >= 0.3 is 0 Å². The summed E-state index contributed by atoms with van der Waals surface area (Å²) in [5.74, 6) is -0.0235. The molecule has 35 heavy (non-hydrogen) atoms. The fourth-order valence-corrected chi connectivity index (χ4v) is 4.11. The van der Waals surface area contributed by atoms with Crippen LogP contribution < -0.4 is 10.7 Å². The summed E-state index contributed by atoms with van der Waals surface area (Å²) in [7, 11) is 0. The average Bonchev–Trinajstić information content (AvgIpc) is 3.27. The van der Waals surface area contributed by atoms with Crippen molar-refractivity contribution < 1.29 is 9.18 Å². The largest absolute Gasteiger partial charge is 0.378 e. The number of halogens is 1. The molecule has 0 aliphatic carbocycles. The first-order valence-electron chi connectivity index (χ1n) is 11.1. The highest BCUT2D eigenvalue weighted by atomic mass is 32.2. The van der Waals surface area contributed by atoms with Gasteiger partial charge in [0.2, 0.25) is 0 Å². The number of hydrazone groups is 1. The number of carbonyl (C=O) groups excluding carboxylic acids is 1. The van der Waals surface area contributed by atoms with Crippen molar-refractivity contribution in [1.82, 2.24) is 20.2 Å². The second-order valence-electron chi connectivity index (χ2n) is 7.81. The molecule has 1 atom stereocenters. The highest BCUT2D eigenvalue weighted by Crippen LogP contribution is 2.26. The van der Waals surface area contributed by atoms with Crippen LogP contribution in [-0.4, -0.2) is 32.1 Å². The smallest absolute Gasteiger partial charge is 0.253 e. The van der Waals surface area contributed by atoms with E-state index in [1.165, 1.54) is 29.6 Å². The maximum atomic E-state index is 13.7. The number of aromatic nitrogens is 3. The fraction of sp³-hybridized carbons (Fsp3) is 0.154. The van der Waals surface area contributed by atoms with Crippen LogP contribution >= 0.6 is 11.8 Å². The number of nitrogens with one attached hydrogen (secondary N) is 2. The molecule has 9 heteroatoms. The lowest BCUT2D eigenvalue weighted by molar-refractivity contribution is -0.120. The van der Waals surface area contributed by atoms with E-state index in [0.29, 0.717) is 23.1 Å². The SMILES string of the molecule is Cc1ccc(NCc2nnc(S[C@H](C)C(=O)NN=Cc3ccccc3F)n2-c2ccccc2)cc1. The number of aryl methyl sites for hydroxylation is 1. The van der Waals surface area contributed by atoms with Crippen molar-refractivity contribution in [2.45, 2.75) is 30.8 Å². The summed E-state index contributed by atoms with van der Waals surface area (Å²) in [4.78, 5) is 12.6. The van der Waals surface area contributed by atoms with Crippen molar-refractivity contribution in [1.29, 1.82) is 0 Å². The molecule has 4 aromatic rings. The van der Waals surface area contributed by atoms with Gasteiger partial charge in [-0.1, -0.05) is 65.9 Å². The molecule has 0 saturated heterocycles. The number of amides is 1. The number of para-hydroxylation sites is 1. The van der Waals surface area contributed by atoms with Crippen LogP contribution in [0.4, 0.5) is 10.1 Å². The Morgan fingerprint density at radius 3 is 2.51 bits per heavy atom. The van der Waals surface area contributed by atoms with Crippen molar-refractivity contribution in [3.05, 3.63) is 102 Å².